The van der Waals surface area contributed by atoms with Crippen LogP contribution in [-0.4, -0.2) is 12.1 Å². The minimum Gasteiger partial charge on any atom is -0.453 e. The Morgan fingerprint density at radius 2 is 1.60 bits per heavy atom. The van der Waals surface area contributed by atoms with E-state index in [1.54, 1.807) is 11.8 Å². The fourth-order valence-corrected chi connectivity index (χ4v) is 3.34. The van der Waals surface area contributed by atoms with E-state index in [1.165, 1.54) is 6.08 Å². The lowest BCUT2D eigenvalue weighted by Gasteiger charge is -2.21. The van der Waals surface area contributed by atoms with Crippen LogP contribution in [0, 0.1) is 0 Å². The summed E-state index contributed by atoms with van der Waals surface area (Å²) < 4.78 is 5.38. The first-order valence-corrected chi connectivity index (χ1v) is 7.36. The predicted octanol–water partition coefficient (Wildman–Crippen LogP) is 4.00. The summed E-state index contributed by atoms with van der Waals surface area (Å²) in [4.78, 5) is 12.5. The molecule has 2 aromatic carbocycles. The van der Waals surface area contributed by atoms with Crippen molar-refractivity contribution in [1.82, 2.24) is 0 Å². The zero-order valence-corrected chi connectivity index (χ0v) is 11.6. The van der Waals surface area contributed by atoms with Crippen molar-refractivity contribution in [3.63, 3.8) is 0 Å². The molecule has 0 amide bonds. The smallest absolute Gasteiger partial charge is 0.331 e. The summed E-state index contributed by atoms with van der Waals surface area (Å²) in [6.07, 6.45) is 3.14. The number of hydrogen-bond acceptors (Lipinski definition) is 3. The van der Waals surface area contributed by atoms with E-state index in [-0.39, 0.29) is 17.3 Å². The Labute approximate surface area is 122 Å². The molecule has 100 valence electrons. The van der Waals surface area contributed by atoms with E-state index < -0.39 is 0 Å². The van der Waals surface area contributed by atoms with Crippen LogP contribution < -0.4 is 0 Å². The second kappa shape index (κ2) is 5.97. The highest BCUT2D eigenvalue weighted by Crippen LogP contribution is 2.40. The molecule has 0 bridgehead atoms. The number of carbonyl (C=O) groups is 1. The first-order chi connectivity index (χ1) is 9.83. The second-order valence-corrected chi connectivity index (χ2v) is 5.74. The maximum atomic E-state index is 11.3. The lowest BCUT2D eigenvalue weighted by Crippen LogP contribution is -2.16. The minimum atomic E-state index is -0.260. The van der Waals surface area contributed by atoms with Gasteiger partial charge < -0.3 is 4.74 Å². The van der Waals surface area contributed by atoms with Gasteiger partial charge in [-0.15, -0.1) is 11.8 Å². The van der Waals surface area contributed by atoms with E-state index in [2.05, 4.69) is 24.3 Å². The molecule has 20 heavy (non-hydrogen) atoms. The van der Waals surface area contributed by atoms with E-state index in [0.717, 1.165) is 10.5 Å². The lowest BCUT2D eigenvalue weighted by molar-refractivity contribution is -0.138. The molecule has 1 heterocycles. The van der Waals surface area contributed by atoms with Crippen LogP contribution >= 0.6 is 11.8 Å². The van der Waals surface area contributed by atoms with Gasteiger partial charge in [0.25, 0.3) is 0 Å². The van der Waals surface area contributed by atoms with Crippen molar-refractivity contribution in [3.05, 3.63) is 78.4 Å². The van der Waals surface area contributed by atoms with E-state index in [0.29, 0.717) is 0 Å². The van der Waals surface area contributed by atoms with Crippen molar-refractivity contribution in [2.45, 2.75) is 16.2 Å². The van der Waals surface area contributed by atoms with Gasteiger partial charge >= 0.3 is 5.97 Å². The molecule has 0 saturated heterocycles. The molecule has 2 atom stereocenters. The minimum absolute atomic E-state index is 0.0706. The first kappa shape index (κ1) is 13.0. The van der Waals surface area contributed by atoms with Crippen molar-refractivity contribution < 1.29 is 9.53 Å². The number of esters is 1. The van der Waals surface area contributed by atoms with Gasteiger partial charge in [-0.05, 0) is 23.8 Å². The van der Waals surface area contributed by atoms with Gasteiger partial charge in [0.1, 0.15) is 6.10 Å². The Bertz CT molecular complexity index is 607. The Balaban J connectivity index is 1.88. The van der Waals surface area contributed by atoms with Crippen LogP contribution in [0.3, 0.4) is 0 Å². The number of carbonyl (C=O) groups excluding carboxylic acids is 1. The summed E-state index contributed by atoms with van der Waals surface area (Å²) in [7, 11) is 0. The Kier molecular flexibility index (Phi) is 3.88. The third-order valence-corrected chi connectivity index (χ3v) is 4.45. The summed E-state index contributed by atoms with van der Waals surface area (Å²) in [6, 6.07) is 20.3. The van der Waals surface area contributed by atoms with Gasteiger partial charge in [0.15, 0.2) is 0 Å². The van der Waals surface area contributed by atoms with Crippen molar-refractivity contribution in [3.8, 4) is 0 Å². The second-order valence-electron chi connectivity index (χ2n) is 4.52. The van der Waals surface area contributed by atoms with Crippen LogP contribution in [0.5, 0.6) is 0 Å². The monoisotopic (exact) mass is 282 g/mol. The van der Waals surface area contributed by atoms with Gasteiger partial charge in [-0.25, -0.2) is 4.79 Å². The molecule has 0 radical (unpaired) electrons. The van der Waals surface area contributed by atoms with Crippen molar-refractivity contribution in [2.75, 3.05) is 0 Å². The highest BCUT2D eigenvalue weighted by Gasteiger charge is 2.28. The molecule has 0 spiro atoms. The molecule has 3 rings (SSSR count). The molecule has 0 N–H and O–H groups in total. The molecular weight excluding hydrogens is 268 g/mol. The van der Waals surface area contributed by atoms with E-state index in [1.807, 2.05) is 42.5 Å². The highest BCUT2D eigenvalue weighted by molar-refractivity contribution is 7.99. The van der Waals surface area contributed by atoms with Crippen molar-refractivity contribution >= 4 is 17.7 Å². The predicted molar refractivity (Wildman–Crippen MR) is 80.5 cm³/mol. The molecule has 1 aliphatic heterocycles. The Hall–Kier alpha value is -2.00. The maximum Gasteiger partial charge on any atom is 0.331 e. The number of hydrogen-bond donors (Lipinski definition) is 0. The molecule has 2 aromatic rings. The number of benzene rings is 2. The average Bonchev–Trinajstić information content (AvgIpc) is 2.93. The van der Waals surface area contributed by atoms with Crippen molar-refractivity contribution in [1.29, 1.82) is 0 Å². The summed E-state index contributed by atoms with van der Waals surface area (Å²) >= 11 is 1.71. The summed E-state index contributed by atoms with van der Waals surface area (Å²) in [5, 5.41) is 0.0706. The van der Waals surface area contributed by atoms with Crippen LogP contribution in [-0.2, 0) is 9.53 Å². The van der Waals surface area contributed by atoms with E-state index in [9.17, 15) is 4.79 Å². The maximum absolute atomic E-state index is 11.3. The van der Waals surface area contributed by atoms with Crippen LogP contribution in [0.2, 0.25) is 0 Å². The molecule has 0 aliphatic carbocycles. The van der Waals surface area contributed by atoms with Gasteiger partial charge in [-0.2, -0.15) is 0 Å². The average molecular weight is 282 g/mol. The third-order valence-electron chi connectivity index (χ3n) is 3.11. The molecule has 0 aromatic heterocycles. The quantitative estimate of drug-likeness (QED) is 0.626. The van der Waals surface area contributed by atoms with Crippen LogP contribution in [0.25, 0.3) is 0 Å². The van der Waals surface area contributed by atoms with Gasteiger partial charge in [-0.1, -0.05) is 48.5 Å². The van der Waals surface area contributed by atoms with Gasteiger partial charge in [0.2, 0.25) is 0 Å². The first-order valence-electron chi connectivity index (χ1n) is 6.48. The Morgan fingerprint density at radius 3 is 2.20 bits per heavy atom. The summed E-state index contributed by atoms with van der Waals surface area (Å²) in [5.74, 6) is -0.260. The standard InChI is InChI=1S/C17H14O2S/c18-16-12-11-15(19-16)17(13-7-3-1-4-8-13)20-14-9-5-2-6-10-14/h1-12,15,17H/t15-,17+/m0/s1. The highest BCUT2D eigenvalue weighted by atomic mass is 32.2. The number of rotatable bonds is 4. The van der Waals surface area contributed by atoms with E-state index >= 15 is 0 Å². The fourth-order valence-electron chi connectivity index (χ4n) is 2.16. The molecule has 1 aliphatic rings. The number of thioether (sulfide) groups is 1. The largest absolute Gasteiger partial charge is 0.453 e. The summed E-state index contributed by atoms with van der Waals surface area (Å²) in [6.45, 7) is 0. The molecular formula is C17H14O2S. The number of ether oxygens (including phenoxy) is 1. The molecule has 3 heteroatoms. The SMILES string of the molecule is O=C1C=C[C@@H]([C@H](Sc2ccccc2)c2ccccc2)O1. The molecule has 0 saturated carbocycles. The van der Waals surface area contributed by atoms with Gasteiger partial charge in [-0.3, -0.25) is 0 Å². The fraction of sp³-hybridized carbons (Fsp3) is 0.118. The van der Waals surface area contributed by atoms with Crippen LogP contribution in [0.1, 0.15) is 10.8 Å². The van der Waals surface area contributed by atoms with E-state index in [4.69, 9.17) is 4.74 Å². The van der Waals surface area contributed by atoms with Crippen LogP contribution in [0.15, 0.2) is 77.7 Å². The lowest BCUT2D eigenvalue weighted by atomic mass is 10.1. The van der Waals surface area contributed by atoms with Crippen LogP contribution in [0.4, 0.5) is 0 Å². The Morgan fingerprint density at radius 1 is 0.950 bits per heavy atom. The topological polar surface area (TPSA) is 26.3 Å². The zero-order chi connectivity index (χ0) is 13.8. The molecule has 2 nitrogen and oxygen atoms in total. The van der Waals surface area contributed by atoms with Crippen molar-refractivity contribution in [2.24, 2.45) is 0 Å². The number of cyclic esters (lactones) is 1. The third kappa shape index (κ3) is 2.94. The normalized spacial score (nSPS) is 18.8. The zero-order valence-electron chi connectivity index (χ0n) is 10.8. The van der Waals surface area contributed by atoms with Gasteiger partial charge in [0, 0.05) is 11.0 Å². The molecule has 0 unspecified atom stereocenters. The van der Waals surface area contributed by atoms with Gasteiger partial charge in [0.05, 0.1) is 5.25 Å². The summed E-state index contributed by atoms with van der Waals surface area (Å²) in [5.41, 5.74) is 1.16. The molecule has 0 fully saturated rings.